The number of carbonyl (C=O) groups excluding carboxylic acids is 1. The van der Waals surface area contributed by atoms with Gasteiger partial charge in [-0.3, -0.25) is 4.79 Å². The first-order valence-corrected chi connectivity index (χ1v) is 5.16. The summed E-state index contributed by atoms with van der Waals surface area (Å²) < 4.78 is 0. The molecular formula is C13H17NO. The molecule has 2 nitrogen and oxygen atoms in total. The molecule has 0 unspecified atom stereocenters. The predicted octanol–water partition coefficient (Wildman–Crippen LogP) is 2.52. The predicted molar refractivity (Wildman–Crippen MR) is 62.3 cm³/mol. The van der Waals surface area contributed by atoms with Gasteiger partial charge in [-0.15, -0.1) is 6.58 Å². The fourth-order valence-corrected chi connectivity index (χ4v) is 1.32. The van der Waals surface area contributed by atoms with Crippen LogP contribution in [0.4, 0.5) is 0 Å². The van der Waals surface area contributed by atoms with Gasteiger partial charge in [-0.25, -0.2) is 0 Å². The third-order valence-electron chi connectivity index (χ3n) is 2.28. The second-order valence-electron chi connectivity index (χ2n) is 3.63. The summed E-state index contributed by atoms with van der Waals surface area (Å²) in [4.78, 5) is 11.5. The van der Waals surface area contributed by atoms with E-state index in [1.807, 2.05) is 37.3 Å². The molecule has 1 aromatic rings. The van der Waals surface area contributed by atoms with Crippen LogP contribution in [-0.2, 0) is 11.3 Å². The molecule has 1 rings (SSSR count). The number of nitrogens with one attached hydrogen (secondary N) is 1. The minimum absolute atomic E-state index is 0.00575. The zero-order valence-electron chi connectivity index (χ0n) is 9.07. The van der Waals surface area contributed by atoms with E-state index in [0.29, 0.717) is 6.54 Å². The molecule has 0 radical (unpaired) electrons. The van der Waals surface area contributed by atoms with E-state index in [2.05, 4.69) is 11.9 Å². The molecule has 1 amide bonds. The zero-order chi connectivity index (χ0) is 11.1. The van der Waals surface area contributed by atoms with Crippen molar-refractivity contribution in [2.75, 3.05) is 0 Å². The molecule has 0 saturated carbocycles. The summed E-state index contributed by atoms with van der Waals surface area (Å²) in [5.74, 6) is 0.0879. The smallest absolute Gasteiger partial charge is 0.223 e. The quantitative estimate of drug-likeness (QED) is 0.732. The number of hydrogen-bond acceptors (Lipinski definition) is 1. The Kier molecular flexibility index (Phi) is 4.61. The van der Waals surface area contributed by atoms with Crippen LogP contribution in [-0.4, -0.2) is 5.91 Å². The fourth-order valence-electron chi connectivity index (χ4n) is 1.32. The van der Waals surface area contributed by atoms with Crippen molar-refractivity contribution in [3.63, 3.8) is 0 Å². The highest BCUT2D eigenvalue weighted by Gasteiger charge is 2.09. The molecule has 0 spiro atoms. The molecule has 0 heterocycles. The van der Waals surface area contributed by atoms with Crippen LogP contribution in [0.2, 0.25) is 0 Å². The van der Waals surface area contributed by atoms with Gasteiger partial charge in [0.2, 0.25) is 5.91 Å². The van der Waals surface area contributed by atoms with E-state index in [1.165, 1.54) is 0 Å². The molecule has 2 heteroatoms. The third-order valence-corrected chi connectivity index (χ3v) is 2.28. The van der Waals surface area contributed by atoms with Gasteiger partial charge >= 0.3 is 0 Å². The van der Waals surface area contributed by atoms with E-state index in [4.69, 9.17) is 0 Å². The summed E-state index contributed by atoms with van der Waals surface area (Å²) in [7, 11) is 0. The number of amides is 1. The van der Waals surface area contributed by atoms with Crippen LogP contribution in [0.15, 0.2) is 43.0 Å². The lowest BCUT2D eigenvalue weighted by Gasteiger charge is -2.09. The summed E-state index contributed by atoms with van der Waals surface area (Å²) in [6.07, 6.45) is 2.49. The Labute approximate surface area is 91.0 Å². The maximum absolute atomic E-state index is 11.5. The van der Waals surface area contributed by atoms with Crippen molar-refractivity contribution in [2.24, 2.45) is 5.92 Å². The van der Waals surface area contributed by atoms with Crippen molar-refractivity contribution in [2.45, 2.75) is 19.9 Å². The summed E-state index contributed by atoms with van der Waals surface area (Å²) in [6, 6.07) is 9.89. The number of rotatable bonds is 5. The van der Waals surface area contributed by atoms with Crippen LogP contribution in [0.3, 0.4) is 0 Å². The second-order valence-corrected chi connectivity index (χ2v) is 3.63. The first-order chi connectivity index (χ1) is 7.24. The highest BCUT2D eigenvalue weighted by molar-refractivity contribution is 5.78. The molecule has 0 aliphatic rings. The molecule has 0 aliphatic carbocycles. The van der Waals surface area contributed by atoms with E-state index in [1.54, 1.807) is 6.08 Å². The number of allylic oxidation sites excluding steroid dienone is 1. The average Bonchev–Trinajstić information content (AvgIpc) is 2.27. The van der Waals surface area contributed by atoms with Crippen LogP contribution >= 0.6 is 0 Å². The lowest BCUT2D eigenvalue weighted by Crippen LogP contribution is -2.28. The van der Waals surface area contributed by atoms with Crippen LogP contribution in [0.5, 0.6) is 0 Å². The molecule has 0 bridgehead atoms. The highest BCUT2D eigenvalue weighted by Crippen LogP contribution is 2.03. The van der Waals surface area contributed by atoms with E-state index in [0.717, 1.165) is 12.0 Å². The maximum Gasteiger partial charge on any atom is 0.223 e. The molecule has 80 valence electrons. The molecule has 1 aromatic carbocycles. The maximum atomic E-state index is 11.5. The molecular weight excluding hydrogens is 186 g/mol. The van der Waals surface area contributed by atoms with E-state index in [-0.39, 0.29) is 11.8 Å². The molecule has 1 atom stereocenters. The lowest BCUT2D eigenvalue weighted by atomic mass is 10.1. The fraction of sp³-hybridized carbons (Fsp3) is 0.308. The molecule has 15 heavy (non-hydrogen) atoms. The third kappa shape index (κ3) is 3.98. The molecule has 1 N–H and O–H groups in total. The minimum Gasteiger partial charge on any atom is -0.352 e. The van der Waals surface area contributed by atoms with Gasteiger partial charge in [0.1, 0.15) is 0 Å². The van der Waals surface area contributed by atoms with Crippen molar-refractivity contribution in [3.05, 3.63) is 48.6 Å². The Balaban J connectivity index is 2.37. The van der Waals surface area contributed by atoms with Crippen molar-refractivity contribution in [3.8, 4) is 0 Å². The molecule has 0 aliphatic heterocycles. The van der Waals surface area contributed by atoms with E-state index in [9.17, 15) is 4.79 Å². The van der Waals surface area contributed by atoms with Crippen LogP contribution in [0, 0.1) is 5.92 Å². The van der Waals surface area contributed by atoms with Gasteiger partial charge in [0.25, 0.3) is 0 Å². The van der Waals surface area contributed by atoms with Gasteiger partial charge in [0.05, 0.1) is 0 Å². The van der Waals surface area contributed by atoms with Gasteiger partial charge in [-0.05, 0) is 12.0 Å². The molecule has 0 aromatic heterocycles. The Morgan fingerprint density at radius 2 is 2.13 bits per heavy atom. The molecule has 0 fully saturated rings. The van der Waals surface area contributed by atoms with Crippen molar-refractivity contribution < 1.29 is 4.79 Å². The summed E-state index contributed by atoms with van der Waals surface area (Å²) >= 11 is 0. The van der Waals surface area contributed by atoms with Crippen LogP contribution in [0.25, 0.3) is 0 Å². The van der Waals surface area contributed by atoms with Gasteiger partial charge in [0.15, 0.2) is 0 Å². The largest absolute Gasteiger partial charge is 0.352 e. The zero-order valence-corrected chi connectivity index (χ0v) is 9.07. The monoisotopic (exact) mass is 203 g/mol. The lowest BCUT2D eigenvalue weighted by molar-refractivity contribution is -0.124. The van der Waals surface area contributed by atoms with Crippen molar-refractivity contribution >= 4 is 5.91 Å². The summed E-state index contributed by atoms with van der Waals surface area (Å²) in [6.45, 7) is 6.12. The van der Waals surface area contributed by atoms with Gasteiger partial charge in [-0.1, -0.05) is 43.3 Å². The normalized spacial score (nSPS) is 11.8. The van der Waals surface area contributed by atoms with Gasteiger partial charge in [-0.2, -0.15) is 0 Å². The highest BCUT2D eigenvalue weighted by atomic mass is 16.1. The van der Waals surface area contributed by atoms with Crippen LogP contribution < -0.4 is 5.32 Å². The van der Waals surface area contributed by atoms with Crippen LogP contribution in [0.1, 0.15) is 18.9 Å². The number of hydrogen-bond donors (Lipinski definition) is 1. The minimum atomic E-state index is 0.00575. The topological polar surface area (TPSA) is 29.1 Å². The van der Waals surface area contributed by atoms with Crippen molar-refractivity contribution in [1.29, 1.82) is 0 Å². The number of carbonyl (C=O) groups is 1. The second kappa shape index (κ2) is 6.02. The SMILES string of the molecule is C=CC[C@@H](C)C(=O)NCc1ccccc1. The first-order valence-electron chi connectivity index (χ1n) is 5.16. The van der Waals surface area contributed by atoms with E-state index >= 15 is 0 Å². The average molecular weight is 203 g/mol. The Bertz CT molecular complexity index is 319. The summed E-state index contributed by atoms with van der Waals surface area (Å²) in [5, 5.41) is 2.90. The standard InChI is InChI=1S/C13H17NO/c1-3-7-11(2)13(15)14-10-12-8-5-4-6-9-12/h3-6,8-9,11H,1,7,10H2,2H3,(H,14,15)/t11-/m1/s1. The number of benzene rings is 1. The summed E-state index contributed by atoms with van der Waals surface area (Å²) in [5.41, 5.74) is 1.12. The van der Waals surface area contributed by atoms with Crippen molar-refractivity contribution in [1.82, 2.24) is 5.32 Å². The first kappa shape index (κ1) is 11.5. The Morgan fingerprint density at radius 3 is 2.73 bits per heavy atom. The van der Waals surface area contributed by atoms with Gasteiger partial charge in [0, 0.05) is 12.5 Å². The van der Waals surface area contributed by atoms with E-state index < -0.39 is 0 Å². The Morgan fingerprint density at radius 1 is 1.47 bits per heavy atom. The van der Waals surface area contributed by atoms with Gasteiger partial charge < -0.3 is 5.32 Å². The Hall–Kier alpha value is -1.57. The molecule has 0 saturated heterocycles.